The van der Waals surface area contributed by atoms with E-state index < -0.39 is 0 Å². The smallest absolute Gasteiger partial charge is 0.264 e. The Labute approximate surface area is 168 Å². The van der Waals surface area contributed by atoms with Crippen molar-refractivity contribution in [3.8, 4) is 0 Å². The van der Waals surface area contributed by atoms with Crippen LogP contribution in [-0.2, 0) is 4.74 Å². The molecule has 1 fully saturated rings. The molecule has 1 atom stereocenters. The molecule has 3 aromatic rings. The van der Waals surface area contributed by atoms with E-state index in [4.69, 9.17) is 4.74 Å². The summed E-state index contributed by atoms with van der Waals surface area (Å²) in [5.74, 6) is 0.0667. The molecule has 1 aliphatic rings. The SMILES string of the molecule is CN(C)c1nc2sc(C(=O)N3CCOC(c4ccc(Br)cc4)C3)cc2s1. The highest BCUT2D eigenvalue weighted by Gasteiger charge is 2.27. The van der Waals surface area contributed by atoms with Gasteiger partial charge in [-0.05, 0) is 23.8 Å². The van der Waals surface area contributed by atoms with Gasteiger partial charge < -0.3 is 14.5 Å². The topological polar surface area (TPSA) is 45.7 Å². The molecule has 1 saturated heterocycles. The molecule has 0 aliphatic carbocycles. The summed E-state index contributed by atoms with van der Waals surface area (Å²) in [6.07, 6.45) is -0.0830. The lowest BCUT2D eigenvalue weighted by molar-refractivity contribution is -0.0226. The van der Waals surface area contributed by atoms with Crippen molar-refractivity contribution in [2.24, 2.45) is 0 Å². The van der Waals surface area contributed by atoms with Gasteiger partial charge in [-0.15, -0.1) is 11.3 Å². The van der Waals surface area contributed by atoms with Crippen LogP contribution in [0, 0.1) is 0 Å². The molecule has 1 unspecified atom stereocenters. The maximum atomic E-state index is 13.0. The van der Waals surface area contributed by atoms with Crippen LogP contribution < -0.4 is 4.90 Å². The van der Waals surface area contributed by atoms with E-state index in [0.717, 1.165) is 29.6 Å². The van der Waals surface area contributed by atoms with Crippen LogP contribution in [0.25, 0.3) is 9.53 Å². The Morgan fingerprint density at radius 2 is 2.08 bits per heavy atom. The second kappa shape index (κ2) is 7.26. The van der Waals surface area contributed by atoms with Gasteiger partial charge in [0.15, 0.2) is 5.13 Å². The highest BCUT2D eigenvalue weighted by Crippen LogP contribution is 2.35. The normalized spacial score (nSPS) is 17.7. The molecule has 0 radical (unpaired) electrons. The first-order valence-corrected chi connectivity index (χ1v) is 10.7. The Morgan fingerprint density at radius 1 is 1.31 bits per heavy atom. The van der Waals surface area contributed by atoms with Gasteiger partial charge in [0.2, 0.25) is 0 Å². The molecule has 0 spiro atoms. The second-order valence-corrected chi connectivity index (χ2v) is 9.29. The van der Waals surface area contributed by atoms with E-state index in [-0.39, 0.29) is 12.0 Å². The number of carbonyl (C=O) groups excluding carboxylic acids is 1. The molecule has 0 N–H and O–H groups in total. The van der Waals surface area contributed by atoms with Crippen molar-refractivity contribution < 1.29 is 9.53 Å². The maximum Gasteiger partial charge on any atom is 0.264 e. The summed E-state index contributed by atoms with van der Waals surface area (Å²) in [6.45, 7) is 1.74. The molecule has 1 amide bonds. The lowest BCUT2D eigenvalue weighted by Crippen LogP contribution is -2.42. The fraction of sp³-hybridized carbons (Fsp3) is 0.333. The number of thiazole rings is 1. The van der Waals surface area contributed by atoms with Crippen LogP contribution >= 0.6 is 38.6 Å². The highest BCUT2D eigenvalue weighted by atomic mass is 79.9. The molecule has 26 heavy (non-hydrogen) atoms. The molecule has 136 valence electrons. The van der Waals surface area contributed by atoms with Crippen LogP contribution in [0.4, 0.5) is 5.13 Å². The van der Waals surface area contributed by atoms with Crippen LogP contribution in [0.2, 0.25) is 0 Å². The Kier molecular flexibility index (Phi) is 5.00. The fourth-order valence-corrected chi connectivity index (χ4v) is 5.25. The van der Waals surface area contributed by atoms with Gasteiger partial charge in [0.05, 0.1) is 22.7 Å². The van der Waals surface area contributed by atoms with Crippen LogP contribution in [-0.4, -0.2) is 49.6 Å². The number of hydrogen-bond donors (Lipinski definition) is 0. The van der Waals surface area contributed by atoms with Gasteiger partial charge >= 0.3 is 0 Å². The minimum absolute atomic E-state index is 0.0667. The molecule has 3 heterocycles. The third kappa shape index (κ3) is 3.51. The van der Waals surface area contributed by atoms with Crippen molar-refractivity contribution in [3.63, 3.8) is 0 Å². The molecule has 1 aromatic carbocycles. The van der Waals surface area contributed by atoms with E-state index in [0.29, 0.717) is 19.7 Å². The van der Waals surface area contributed by atoms with Crippen LogP contribution in [0.5, 0.6) is 0 Å². The summed E-state index contributed by atoms with van der Waals surface area (Å²) in [5, 5.41) is 0.965. The van der Waals surface area contributed by atoms with E-state index in [9.17, 15) is 4.79 Å². The zero-order valence-electron chi connectivity index (χ0n) is 14.4. The highest BCUT2D eigenvalue weighted by molar-refractivity contribution is 9.10. The summed E-state index contributed by atoms with van der Waals surface area (Å²) in [4.78, 5) is 23.1. The number of halogens is 1. The summed E-state index contributed by atoms with van der Waals surface area (Å²) < 4.78 is 7.99. The Balaban J connectivity index is 1.51. The van der Waals surface area contributed by atoms with Gasteiger partial charge in [0, 0.05) is 25.1 Å². The average Bonchev–Trinajstić information content (AvgIpc) is 3.21. The van der Waals surface area contributed by atoms with Crippen LogP contribution in [0.15, 0.2) is 34.8 Å². The molecule has 4 rings (SSSR count). The molecule has 1 aliphatic heterocycles. The van der Waals surface area contributed by atoms with Crippen molar-refractivity contribution in [1.29, 1.82) is 0 Å². The number of anilines is 1. The number of ether oxygens (including phenoxy) is 1. The van der Waals surface area contributed by atoms with Crippen molar-refractivity contribution in [3.05, 3.63) is 45.2 Å². The quantitative estimate of drug-likeness (QED) is 0.591. The fourth-order valence-electron chi connectivity index (χ4n) is 2.89. The number of nitrogens with zero attached hydrogens (tertiary/aromatic N) is 3. The number of thiophene rings is 1. The Hall–Kier alpha value is -1.48. The summed E-state index contributed by atoms with van der Waals surface area (Å²) in [5.41, 5.74) is 1.09. The van der Waals surface area contributed by atoms with Crippen molar-refractivity contribution in [2.75, 3.05) is 38.7 Å². The van der Waals surface area contributed by atoms with Crippen LogP contribution in [0.1, 0.15) is 21.3 Å². The predicted molar refractivity (Wildman–Crippen MR) is 111 cm³/mol. The number of hydrogen-bond acceptors (Lipinski definition) is 6. The molecule has 0 bridgehead atoms. The number of aromatic nitrogens is 1. The lowest BCUT2D eigenvalue weighted by atomic mass is 10.1. The Morgan fingerprint density at radius 3 is 2.77 bits per heavy atom. The molecule has 8 heteroatoms. The second-order valence-electron chi connectivity index (χ2n) is 6.33. The molecular weight excluding hydrogens is 434 g/mol. The number of fused-ring (bicyclic) bond motifs is 1. The molecular formula is C18H18BrN3O2S2. The first-order chi connectivity index (χ1) is 12.5. The van der Waals surface area contributed by atoms with Gasteiger partial charge in [0.25, 0.3) is 5.91 Å². The van der Waals surface area contributed by atoms with Gasteiger partial charge in [-0.2, -0.15) is 0 Å². The third-order valence-electron chi connectivity index (χ3n) is 4.27. The standard InChI is InChI=1S/C18H18BrN3O2S2/c1-21(2)18-20-16-14(26-18)9-15(25-16)17(23)22-7-8-24-13(10-22)11-3-5-12(19)6-4-11/h3-6,9,13H,7-8,10H2,1-2H3. The number of benzene rings is 1. The molecule has 5 nitrogen and oxygen atoms in total. The molecule has 0 saturated carbocycles. The lowest BCUT2D eigenvalue weighted by Gasteiger charge is -2.33. The van der Waals surface area contributed by atoms with Crippen molar-refractivity contribution in [1.82, 2.24) is 9.88 Å². The van der Waals surface area contributed by atoms with Crippen molar-refractivity contribution >= 4 is 59.2 Å². The van der Waals surface area contributed by atoms with E-state index in [1.165, 1.54) is 11.3 Å². The largest absolute Gasteiger partial charge is 0.370 e. The number of carbonyl (C=O) groups is 1. The van der Waals surface area contributed by atoms with Crippen molar-refractivity contribution in [2.45, 2.75) is 6.10 Å². The summed E-state index contributed by atoms with van der Waals surface area (Å²) >= 11 is 6.54. The van der Waals surface area contributed by atoms with Gasteiger partial charge in [-0.25, -0.2) is 4.98 Å². The van der Waals surface area contributed by atoms with E-state index in [1.54, 1.807) is 11.3 Å². The van der Waals surface area contributed by atoms with Gasteiger partial charge in [-0.1, -0.05) is 39.4 Å². The van der Waals surface area contributed by atoms with E-state index >= 15 is 0 Å². The third-order valence-corrected chi connectivity index (χ3v) is 7.11. The zero-order valence-corrected chi connectivity index (χ0v) is 17.7. The summed E-state index contributed by atoms with van der Waals surface area (Å²) in [7, 11) is 3.95. The number of rotatable bonds is 3. The molecule has 2 aromatic heterocycles. The number of amides is 1. The van der Waals surface area contributed by atoms with E-state index in [1.807, 2.05) is 54.2 Å². The first-order valence-electron chi connectivity index (χ1n) is 8.25. The zero-order chi connectivity index (χ0) is 18.3. The predicted octanol–water partition coefficient (Wildman–Crippen LogP) is 4.40. The maximum absolute atomic E-state index is 13.0. The average molecular weight is 452 g/mol. The monoisotopic (exact) mass is 451 g/mol. The number of morpholine rings is 1. The minimum atomic E-state index is -0.0830. The first kappa shape index (κ1) is 17.9. The Bertz CT molecular complexity index is 904. The van der Waals surface area contributed by atoms with Crippen LogP contribution in [0.3, 0.4) is 0 Å². The summed E-state index contributed by atoms with van der Waals surface area (Å²) in [6, 6.07) is 10.0. The minimum Gasteiger partial charge on any atom is -0.370 e. The van der Waals surface area contributed by atoms with Gasteiger partial charge in [0.1, 0.15) is 10.9 Å². The van der Waals surface area contributed by atoms with Gasteiger partial charge in [-0.3, -0.25) is 4.79 Å². The van der Waals surface area contributed by atoms with E-state index in [2.05, 4.69) is 20.9 Å².